The van der Waals surface area contributed by atoms with Gasteiger partial charge >= 0.3 is 12.0 Å². The van der Waals surface area contributed by atoms with Crippen molar-refractivity contribution in [2.45, 2.75) is 25.8 Å². The highest BCUT2D eigenvalue weighted by atomic mass is 16.5. The summed E-state index contributed by atoms with van der Waals surface area (Å²) in [7, 11) is 0. The fourth-order valence-electron chi connectivity index (χ4n) is 2.36. The zero-order valence-corrected chi connectivity index (χ0v) is 12.3. The van der Waals surface area contributed by atoms with E-state index in [4.69, 9.17) is 9.84 Å². The summed E-state index contributed by atoms with van der Waals surface area (Å²) in [6.45, 7) is 5.46. The number of hydrogen-bond donors (Lipinski definition) is 2. The van der Waals surface area contributed by atoms with E-state index in [0.717, 1.165) is 0 Å². The first-order valence-electron chi connectivity index (χ1n) is 6.85. The Kier molecular flexibility index (Phi) is 4.47. The molecule has 0 saturated carbocycles. The van der Waals surface area contributed by atoms with Crippen LogP contribution in [0, 0.1) is 0 Å². The molecule has 21 heavy (non-hydrogen) atoms. The Bertz CT molecular complexity index is 542. The van der Waals surface area contributed by atoms with Gasteiger partial charge in [0.05, 0.1) is 25.2 Å². The van der Waals surface area contributed by atoms with E-state index in [2.05, 4.69) is 5.32 Å². The highest BCUT2D eigenvalue weighted by molar-refractivity contribution is 5.90. The van der Waals surface area contributed by atoms with Crippen molar-refractivity contribution in [2.24, 2.45) is 0 Å². The molecule has 2 rings (SSSR count). The van der Waals surface area contributed by atoms with E-state index in [-0.39, 0.29) is 18.0 Å². The number of carboxylic acids is 1. The van der Waals surface area contributed by atoms with Crippen LogP contribution in [0.4, 0.5) is 10.5 Å². The first-order valence-corrected chi connectivity index (χ1v) is 6.85. The van der Waals surface area contributed by atoms with E-state index in [9.17, 15) is 9.59 Å². The number of urea groups is 1. The normalized spacial score (nSPS) is 17.3. The van der Waals surface area contributed by atoms with Crippen molar-refractivity contribution >= 4 is 17.7 Å². The molecular weight excluding hydrogens is 272 g/mol. The molecule has 1 aromatic carbocycles. The fourth-order valence-corrected chi connectivity index (χ4v) is 2.36. The van der Waals surface area contributed by atoms with Gasteiger partial charge in [-0.3, -0.25) is 4.79 Å². The zero-order chi connectivity index (χ0) is 15.5. The molecule has 1 aromatic rings. The minimum atomic E-state index is -0.896. The summed E-state index contributed by atoms with van der Waals surface area (Å²) < 4.78 is 5.39. The van der Waals surface area contributed by atoms with Gasteiger partial charge in [0.25, 0.3) is 0 Å². The number of carbonyl (C=O) groups is 2. The maximum atomic E-state index is 12.4. The summed E-state index contributed by atoms with van der Waals surface area (Å²) in [6, 6.07) is 6.69. The fraction of sp³-hybridized carbons (Fsp3) is 0.467. The van der Waals surface area contributed by atoms with Crippen molar-refractivity contribution in [1.29, 1.82) is 0 Å². The van der Waals surface area contributed by atoms with Gasteiger partial charge in [-0.05, 0) is 31.5 Å². The Hall–Kier alpha value is -2.08. The average molecular weight is 292 g/mol. The van der Waals surface area contributed by atoms with Crippen molar-refractivity contribution in [3.8, 4) is 0 Å². The molecule has 0 radical (unpaired) electrons. The molecule has 6 heteroatoms. The van der Waals surface area contributed by atoms with Gasteiger partial charge in [-0.1, -0.05) is 12.1 Å². The summed E-state index contributed by atoms with van der Waals surface area (Å²) >= 11 is 0. The van der Waals surface area contributed by atoms with Crippen LogP contribution < -0.4 is 5.32 Å². The van der Waals surface area contributed by atoms with Crippen LogP contribution in [0.25, 0.3) is 0 Å². The molecule has 0 atom stereocenters. The van der Waals surface area contributed by atoms with Crippen molar-refractivity contribution < 1.29 is 19.4 Å². The second kappa shape index (κ2) is 6.13. The zero-order valence-electron chi connectivity index (χ0n) is 12.3. The molecule has 0 aromatic heterocycles. The van der Waals surface area contributed by atoms with Crippen LogP contribution in [-0.4, -0.2) is 47.3 Å². The number of benzene rings is 1. The van der Waals surface area contributed by atoms with Crippen LogP contribution in [0.15, 0.2) is 24.3 Å². The molecule has 6 nitrogen and oxygen atoms in total. The monoisotopic (exact) mass is 292 g/mol. The van der Waals surface area contributed by atoms with Gasteiger partial charge in [-0.25, -0.2) is 4.79 Å². The Balaban J connectivity index is 2.07. The number of ether oxygens (including phenoxy) is 1. The number of morpholine rings is 1. The van der Waals surface area contributed by atoms with Gasteiger partial charge in [0.15, 0.2) is 0 Å². The van der Waals surface area contributed by atoms with Crippen molar-refractivity contribution in [1.82, 2.24) is 4.90 Å². The van der Waals surface area contributed by atoms with E-state index in [1.807, 2.05) is 13.8 Å². The standard InChI is InChI=1S/C15H20N2O4/c1-15(2)10-21-7-6-17(15)14(20)16-12-5-3-4-11(8-12)9-13(18)19/h3-5,8H,6-7,9-10H2,1-2H3,(H,16,20)(H,18,19). The molecule has 0 spiro atoms. The van der Waals surface area contributed by atoms with E-state index in [1.165, 1.54) is 0 Å². The van der Waals surface area contributed by atoms with Crippen LogP contribution in [0.5, 0.6) is 0 Å². The molecule has 1 aliphatic rings. The third-order valence-electron chi connectivity index (χ3n) is 3.42. The number of rotatable bonds is 3. The number of carboxylic acid groups (broad SMARTS) is 1. The Morgan fingerprint density at radius 1 is 1.43 bits per heavy atom. The number of aliphatic carboxylic acids is 1. The molecule has 2 N–H and O–H groups in total. The maximum absolute atomic E-state index is 12.4. The number of anilines is 1. The number of nitrogens with one attached hydrogen (secondary N) is 1. The van der Waals surface area contributed by atoms with Gasteiger partial charge in [0, 0.05) is 12.2 Å². The largest absolute Gasteiger partial charge is 0.481 e. The first-order chi connectivity index (χ1) is 9.88. The smallest absolute Gasteiger partial charge is 0.322 e. The molecular formula is C15H20N2O4. The van der Waals surface area contributed by atoms with Crippen LogP contribution in [0.2, 0.25) is 0 Å². The molecule has 0 unspecified atom stereocenters. The predicted octanol–water partition coefficient (Wildman–Crippen LogP) is 1.96. The minimum absolute atomic E-state index is 0.0627. The maximum Gasteiger partial charge on any atom is 0.322 e. The molecule has 1 heterocycles. The molecule has 2 amide bonds. The summed E-state index contributed by atoms with van der Waals surface area (Å²) in [4.78, 5) is 24.8. The van der Waals surface area contributed by atoms with Gasteiger partial charge in [-0.2, -0.15) is 0 Å². The quantitative estimate of drug-likeness (QED) is 0.892. The first kappa shape index (κ1) is 15.3. The summed E-state index contributed by atoms with van der Waals surface area (Å²) in [5.74, 6) is -0.896. The lowest BCUT2D eigenvalue weighted by molar-refractivity contribution is -0.136. The van der Waals surface area contributed by atoms with Crippen LogP contribution in [0.1, 0.15) is 19.4 Å². The molecule has 1 aliphatic heterocycles. The Labute approximate surface area is 123 Å². The van der Waals surface area contributed by atoms with Gasteiger partial charge in [0.2, 0.25) is 0 Å². The van der Waals surface area contributed by atoms with Gasteiger partial charge < -0.3 is 20.1 Å². The van der Waals surface area contributed by atoms with Gasteiger partial charge in [0.1, 0.15) is 0 Å². The summed E-state index contributed by atoms with van der Waals surface area (Å²) in [5.41, 5.74) is 0.892. The lowest BCUT2D eigenvalue weighted by atomic mass is 10.0. The third kappa shape index (κ3) is 3.95. The average Bonchev–Trinajstić information content (AvgIpc) is 2.37. The Morgan fingerprint density at radius 2 is 2.19 bits per heavy atom. The van der Waals surface area contributed by atoms with E-state index in [1.54, 1.807) is 29.2 Å². The second-order valence-electron chi connectivity index (χ2n) is 5.72. The summed E-state index contributed by atoms with van der Waals surface area (Å²) in [6.07, 6.45) is -0.0627. The number of hydrogen-bond acceptors (Lipinski definition) is 3. The van der Waals surface area contributed by atoms with Crippen molar-refractivity contribution in [3.05, 3.63) is 29.8 Å². The van der Waals surface area contributed by atoms with Crippen molar-refractivity contribution in [2.75, 3.05) is 25.1 Å². The van der Waals surface area contributed by atoms with E-state index in [0.29, 0.717) is 31.0 Å². The Morgan fingerprint density at radius 3 is 2.86 bits per heavy atom. The lowest BCUT2D eigenvalue weighted by Gasteiger charge is -2.41. The van der Waals surface area contributed by atoms with Gasteiger partial charge in [-0.15, -0.1) is 0 Å². The topological polar surface area (TPSA) is 78.9 Å². The van der Waals surface area contributed by atoms with Crippen LogP contribution in [-0.2, 0) is 16.0 Å². The molecule has 0 aliphatic carbocycles. The minimum Gasteiger partial charge on any atom is -0.481 e. The third-order valence-corrected chi connectivity index (χ3v) is 3.42. The van der Waals surface area contributed by atoms with Crippen LogP contribution >= 0.6 is 0 Å². The lowest BCUT2D eigenvalue weighted by Crippen LogP contribution is -2.56. The number of carbonyl (C=O) groups excluding carboxylic acids is 1. The molecule has 1 fully saturated rings. The molecule has 1 saturated heterocycles. The van der Waals surface area contributed by atoms with Crippen LogP contribution in [0.3, 0.4) is 0 Å². The number of nitrogens with zero attached hydrogens (tertiary/aromatic N) is 1. The highest BCUT2D eigenvalue weighted by Crippen LogP contribution is 2.21. The van der Waals surface area contributed by atoms with E-state index >= 15 is 0 Å². The van der Waals surface area contributed by atoms with Crippen molar-refractivity contribution in [3.63, 3.8) is 0 Å². The molecule has 114 valence electrons. The van der Waals surface area contributed by atoms with E-state index < -0.39 is 5.97 Å². The highest BCUT2D eigenvalue weighted by Gasteiger charge is 2.34. The SMILES string of the molecule is CC1(C)COCCN1C(=O)Nc1cccc(CC(=O)O)c1. The second-order valence-corrected chi connectivity index (χ2v) is 5.72. The molecule has 0 bridgehead atoms. The number of amides is 2. The summed E-state index contributed by atoms with van der Waals surface area (Å²) in [5, 5.41) is 11.6. The predicted molar refractivity (Wildman–Crippen MR) is 78.4 cm³/mol.